The molecule has 4 saturated carbocycles. The highest BCUT2D eigenvalue weighted by Gasteiger charge is 2.54. The summed E-state index contributed by atoms with van der Waals surface area (Å²) in [6.07, 6.45) is 8.42. The largest absolute Gasteiger partial charge is 0.412 e. The Kier molecular flexibility index (Phi) is 3.56. The van der Waals surface area contributed by atoms with Crippen molar-refractivity contribution in [2.45, 2.75) is 43.7 Å². The lowest BCUT2D eigenvalue weighted by Gasteiger charge is -2.58. The molecule has 25 heavy (non-hydrogen) atoms. The number of nitrogens with zero attached hydrogens (tertiary/aromatic N) is 1. The van der Waals surface area contributed by atoms with Gasteiger partial charge in [-0.15, -0.1) is 0 Å². The molecule has 7 N–H and O–H groups in total. The average molecular weight is 344 g/mol. The number of fused-ring (bicyclic) bond motifs is 1. The Bertz CT molecular complexity index is 817. The molecule has 7 heteroatoms. The Morgan fingerprint density at radius 1 is 1.32 bits per heavy atom. The number of carbonyl (C=O) groups excluding carboxylic acids is 1. The van der Waals surface area contributed by atoms with E-state index in [9.17, 15) is 9.90 Å². The van der Waals surface area contributed by atoms with E-state index >= 15 is 0 Å². The number of amides is 1. The Morgan fingerprint density at radius 2 is 2.04 bits per heavy atom. The van der Waals surface area contributed by atoms with Crippen molar-refractivity contribution in [3.63, 3.8) is 0 Å². The number of rotatable bonds is 3. The third-order valence-electron chi connectivity index (χ3n) is 6.40. The molecule has 5 atom stereocenters. The molecule has 2 heterocycles. The summed E-state index contributed by atoms with van der Waals surface area (Å²) in [5.41, 5.74) is 7.10. The van der Waals surface area contributed by atoms with Gasteiger partial charge in [-0.3, -0.25) is 4.79 Å². The van der Waals surface area contributed by atoms with Gasteiger partial charge in [0.05, 0.1) is 16.9 Å². The van der Waals surface area contributed by atoms with Gasteiger partial charge in [-0.05, 0) is 55.9 Å². The number of aromatic amines is 1. The number of aromatic nitrogens is 2. The van der Waals surface area contributed by atoms with E-state index in [0.29, 0.717) is 29.4 Å². The molecule has 134 valence electrons. The summed E-state index contributed by atoms with van der Waals surface area (Å²) in [7, 11) is 0. The number of aliphatic hydroxyl groups is 1. The van der Waals surface area contributed by atoms with Gasteiger partial charge in [-0.2, -0.15) is 0 Å². The van der Waals surface area contributed by atoms with Gasteiger partial charge < -0.3 is 26.6 Å². The molecule has 2 aromatic heterocycles. The van der Waals surface area contributed by atoms with E-state index in [1.807, 2.05) is 12.3 Å². The zero-order valence-electron chi connectivity index (χ0n) is 14.0. The van der Waals surface area contributed by atoms with Crippen LogP contribution in [0.4, 0.5) is 5.69 Å². The van der Waals surface area contributed by atoms with Gasteiger partial charge in [0.15, 0.2) is 0 Å². The van der Waals surface area contributed by atoms with Gasteiger partial charge >= 0.3 is 0 Å². The van der Waals surface area contributed by atoms with Crippen molar-refractivity contribution in [3.8, 4) is 0 Å². The molecular formula is C18H24N4O3. The van der Waals surface area contributed by atoms with Crippen molar-refractivity contribution in [2.75, 3.05) is 5.32 Å². The molecule has 6 rings (SSSR count). The maximum Gasteiger partial charge on any atom is 0.252 e. The van der Waals surface area contributed by atoms with E-state index in [1.54, 1.807) is 6.20 Å². The monoisotopic (exact) mass is 344 g/mol. The fraction of sp³-hybridized carbons (Fsp3) is 0.556. The normalized spacial score (nSPS) is 35.6. The van der Waals surface area contributed by atoms with E-state index in [-0.39, 0.29) is 5.48 Å². The van der Waals surface area contributed by atoms with Crippen molar-refractivity contribution in [1.82, 2.24) is 9.97 Å². The molecule has 2 aromatic rings. The van der Waals surface area contributed by atoms with Crippen LogP contribution < -0.4 is 11.1 Å². The van der Waals surface area contributed by atoms with Gasteiger partial charge in [-0.25, -0.2) is 4.98 Å². The topological polar surface area (TPSA) is 136 Å². The first-order valence-electron chi connectivity index (χ1n) is 8.77. The van der Waals surface area contributed by atoms with Crippen LogP contribution in [0.2, 0.25) is 0 Å². The summed E-state index contributed by atoms with van der Waals surface area (Å²) in [5, 5.41) is 15.3. The number of carbonyl (C=O) groups is 1. The van der Waals surface area contributed by atoms with Crippen LogP contribution >= 0.6 is 0 Å². The van der Waals surface area contributed by atoms with Crippen molar-refractivity contribution < 1.29 is 15.4 Å². The first-order chi connectivity index (χ1) is 11.5. The smallest absolute Gasteiger partial charge is 0.252 e. The molecule has 7 nitrogen and oxygen atoms in total. The van der Waals surface area contributed by atoms with Crippen LogP contribution in [0.5, 0.6) is 0 Å². The minimum absolute atomic E-state index is 0. The molecule has 0 unspecified atom stereocenters. The predicted octanol–water partition coefficient (Wildman–Crippen LogP) is 1.19. The Balaban J connectivity index is 0.00000157. The van der Waals surface area contributed by atoms with Crippen molar-refractivity contribution >= 4 is 22.6 Å². The molecular weight excluding hydrogens is 320 g/mol. The number of nitrogens with two attached hydrogens (primary N) is 1. The molecule has 0 saturated heterocycles. The van der Waals surface area contributed by atoms with Crippen LogP contribution in [0, 0.1) is 17.8 Å². The molecule has 4 aliphatic rings. The molecule has 4 fully saturated rings. The number of pyridine rings is 1. The standard InChI is InChI=1S/C18H22N4O2.H2O/c19-16(23)13-8-21-17-12(1-2-20-17)15(13)22-14-10-3-9-4-11(14)7-18(24,5-9)6-10;/h1-2,8-11,14,24H,3-7H2,(H2,19,23)(H2,20,21,22);1H2/t9-,10-,11+,14-,18-;. The van der Waals surface area contributed by atoms with Gasteiger partial charge in [0.25, 0.3) is 5.91 Å². The maximum atomic E-state index is 11.9. The molecule has 0 aliphatic heterocycles. The van der Waals surface area contributed by atoms with Gasteiger partial charge in [0.1, 0.15) is 5.65 Å². The predicted molar refractivity (Wildman–Crippen MR) is 94.1 cm³/mol. The van der Waals surface area contributed by atoms with Crippen LogP contribution in [0.1, 0.15) is 42.5 Å². The Labute approximate surface area is 145 Å². The van der Waals surface area contributed by atoms with Crippen LogP contribution in [0.3, 0.4) is 0 Å². The quantitative estimate of drug-likeness (QED) is 0.665. The SMILES string of the molecule is NC(=O)c1cnc2[nH]ccc2c1N[C@@H]1[C@@H]2C[C@@H]3C[C@H]1C[C@@](O)(C3)C2.O. The molecule has 0 spiro atoms. The van der Waals surface area contributed by atoms with E-state index in [0.717, 1.165) is 36.0 Å². The minimum Gasteiger partial charge on any atom is -0.412 e. The van der Waals surface area contributed by atoms with Crippen LogP contribution in [-0.2, 0) is 0 Å². The molecule has 0 aromatic carbocycles. The second-order valence-electron chi connectivity index (χ2n) is 8.02. The van der Waals surface area contributed by atoms with E-state index in [2.05, 4.69) is 15.3 Å². The van der Waals surface area contributed by atoms with Crippen molar-refractivity contribution in [2.24, 2.45) is 23.5 Å². The number of hydrogen-bond acceptors (Lipinski definition) is 4. The van der Waals surface area contributed by atoms with Gasteiger partial charge in [-0.1, -0.05) is 0 Å². The van der Waals surface area contributed by atoms with Gasteiger partial charge in [0, 0.05) is 23.8 Å². The average Bonchev–Trinajstić information content (AvgIpc) is 2.97. The summed E-state index contributed by atoms with van der Waals surface area (Å²) in [5.74, 6) is 1.12. The highest BCUT2D eigenvalue weighted by Crippen LogP contribution is 2.56. The highest BCUT2D eigenvalue weighted by atomic mass is 16.3. The lowest BCUT2D eigenvalue weighted by Crippen LogP contribution is -2.59. The Morgan fingerprint density at radius 3 is 2.68 bits per heavy atom. The molecule has 4 aliphatic carbocycles. The summed E-state index contributed by atoms with van der Waals surface area (Å²) < 4.78 is 0. The summed E-state index contributed by atoms with van der Waals surface area (Å²) in [4.78, 5) is 19.3. The summed E-state index contributed by atoms with van der Waals surface area (Å²) in [6, 6.07) is 2.22. The number of nitrogens with one attached hydrogen (secondary N) is 2. The van der Waals surface area contributed by atoms with Crippen LogP contribution in [0.25, 0.3) is 11.0 Å². The van der Waals surface area contributed by atoms with E-state index < -0.39 is 11.5 Å². The molecule has 0 radical (unpaired) electrons. The second-order valence-corrected chi connectivity index (χ2v) is 8.02. The van der Waals surface area contributed by atoms with Crippen molar-refractivity contribution in [1.29, 1.82) is 0 Å². The third-order valence-corrected chi connectivity index (χ3v) is 6.40. The van der Waals surface area contributed by atoms with E-state index in [4.69, 9.17) is 5.73 Å². The molecule has 4 bridgehead atoms. The zero-order chi connectivity index (χ0) is 16.5. The molecule has 1 amide bonds. The number of H-pyrrole nitrogens is 1. The highest BCUT2D eigenvalue weighted by molar-refractivity contribution is 6.06. The maximum absolute atomic E-state index is 11.9. The first-order valence-corrected chi connectivity index (χ1v) is 8.77. The number of anilines is 1. The summed E-state index contributed by atoms with van der Waals surface area (Å²) >= 11 is 0. The van der Waals surface area contributed by atoms with Gasteiger partial charge in [0.2, 0.25) is 0 Å². The third kappa shape index (κ3) is 2.41. The van der Waals surface area contributed by atoms with Crippen LogP contribution in [-0.4, -0.2) is 38.1 Å². The minimum atomic E-state index is -0.462. The van der Waals surface area contributed by atoms with Crippen molar-refractivity contribution in [3.05, 3.63) is 24.0 Å². The fourth-order valence-electron chi connectivity index (χ4n) is 5.73. The lowest BCUT2D eigenvalue weighted by atomic mass is 9.52. The second kappa shape index (κ2) is 5.44. The first kappa shape index (κ1) is 16.4. The lowest BCUT2D eigenvalue weighted by molar-refractivity contribution is -0.129. The Hall–Kier alpha value is -2.12. The number of hydrogen-bond donors (Lipinski definition) is 4. The fourth-order valence-corrected chi connectivity index (χ4v) is 5.73. The van der Waals surface area contributed by atoms with E-state index in [1.165, 1.54) is 12.8 Å². The zero-order valence-corrected chi connectivity index (χ0v) is 14.0. The summed E-state index contributed by atoms with van der Waals surface area (Å²) in [6.45, 7) is 0. The van der Waals surface area contributed by atoms with Crippen LogP contribution in [0.15, 0.2) is 18.5 Å². The number of primary amides is 1.